The smallest absolute Gasteiger partial charge is 0.357 e. The van der Waals surface area contributed by atoms with Gasteiger partial charge in [-0.15, -0.1) is 0 Å². The van der Waals surface area contributed by atoms with Gasteiger partial charge in [-0.1, -0.05) is 11.8 Å². The Balaban J connectivity index is 2.11. The van der Waals surface area contributed by atoms with Gasteiger partial charge >= 0.3 is 11.9 Å². The monoisotopic (exact) mass is 464 g/mol. The van der Waals surface area contributed by atoms with Gasteiger partial charge in [-0.3, -0.25) is 19.3 Å². The molecule has 0 radical (unpaired) electrons. The molecule has 0 fully saturated rings. The van der Waals surface area contributed by atoms with Gasteiger partial charge in [-0.05, 0) is 48.4 Å². The number of aromatic nitrogens is 3. The number of methoxy groups -OCH3 is 1. The van der Waals surface area contributed by atoms with Crippen molar-refractivity contribution in [1.82, 2.24) is 14.5 Å². The Morgan fingerprint density at radius 3 is 2.36 bits per heavy atom. The first kappa shape index (κ1) is 22.3. The lowest BCUT2D eigenvalue weighted by molar-refractivity contribution is -0.135. The Bertz CT molecular complexity index is 1350. The zero-order chi connectivity index (χ0) is 23.5. The number of ether oxygens (including phenoxy) is 2. The minimum Gasteiger partial charge on any atom is -0.464 e. The molecule has 0 saturated carbocycles. The number of hydrogen-bond acceptors (Lipinski definition) is 9. The van der Waals surface area contributed by atoms with Crippen LogP contribution in [0, 0.1) is 0 Å². The van der Waals surface area contributed by atoms with Crippen molar-refractivity contribution in [2.45, 2.75) is 12.2 Å². The highest BCUT2D eigenvalue weighted by molar-refractivity contribution is 8.10. The number of fused-ring (bicyclic) bond motifs is 1. The molecule has 4 heterocycles. The van der Waals surface area contributed by atoms with Crippen LogP contribution in [-0.4, -0.2) is 46.1 Å². The summed E-state index contributed by atoms with van der Waals surface area (Å²) < 4.78 is 11.4. The maximum atomic E-state index is 13.7. The quantitative estimate of drug-likeness (QED) is 0.556. The lowest BCUT2D eigenvalue weighted by atomic mass is 10.1. The molecule has 1 atom stereocenters. The fourth-order valence-corrected chi connectivity index (χ4v) is 4.76. The third kappa shape index (κ3) is 4.00. The number of carbonyl (C=O) groups excluding carboxylic acids is 3. The second-order valence-corrected chi connectivity index (χ2v) is 8.06. The van der Waals surface area contributed by atoms with E-state index < -0.39 is 23.1 Å². The lowest BCUT2D eigenvalue weighted by Crippen LogP contribution is -2.42. The summed E-state index contributed by atoms with van der Waals surface area (Å²) in [5, 5.41) is -0.272. The maximum Gasteiger partial charge on any atom is 0.357 e. The van der Waals surface area contributed by atoms with E-state index in [1.807, 2.05) is 0 Å². The van der Waals surface area contributed by atoms with Crippen molar-refractivity contribution in [2.24, 2.45) is 0 Å². The Morgan fingerprint density at radius 2 is 1.76 bits per heavy atom. The molecular formula is C23H20N4O5S. The van der Waals surface area contributed by atoms with E-state index in [2.05, 4.69) is 9.97 Å². The minimum atomic E-state index is -0.816. The summed E-state index contributed by atoms with van der Waals surface area (Å²) in [5.41, 5.74) is 7.61. The zero-order valence-electron chi connectivity index (χ0n) is 17.8. The van der Waals surface area contributed by atoms with Crippen LogP contribution in [0.15, 0.2) is 49.1 Å². The fraction of sp³-hybridized carbons (Fsp3) is 0.174. The number of nitrogen functional groups attached to an aromatic ring is 1. The third-order valence-electron chi connectivity index (χ3n) is 5.01. The molecule has 2 N–H and O–H groups in total. The van der Waals surface area contributed by atoms with E-state index in [0.717, 1.165) is 17.3 Å². The number of hydrogen-bond donors (Lipinski definition) is 1. The van der Waals surface area contributed by atoms with Crippen molar-refractivity contribution in [3.63, 3.8) is 0 Å². The second-order valence-electron chi connectivity index (χ2n) is 6.94. The van der Waals surface area contributed by atoms with Gasteiger partial charge in [0.1, 0.15) is 10.2 Å². The van der Waals surface area contributed by atoms with Crippen LogP contribution in [-0.2, 0) is 14.3 Å². The molecule has 168 valence electrons. The van der Waals surface area contributed by atoms with Crippen LogP contribution < -0.4 is 16.3 Å². The summed E-state index contributed by atoms with van der Waals surface area (Å²) in [6, 6.07) is 6.84. The van der Waals surface area contributed by atoms with Crippen LogP contribution in [0.3, 0.4) is 0 Å². The fourth-order valence-electron chi connectivity index (χ4n) is 3.55. The van der Waals surface area contributed by atoms with E-state index in [4.69, 9.17) is 15.2 Å². The number of pyridine rings is 2. The SMILES string of the molecule is CCOC(=O)C1=c2/c(=C/c3ccncc3)c(N)c(C(=O)OC)n2C(=O)[C@H](c2ccncc2)S1. The summed E-state index contributed by atoms with van der Waals surface area (Å²) in [6.45, 7) is 1.83. The van der Waals surface area contributed by atoms with Gasteiger partial charge in [0.25, 0.3) is 0 Å². The molecule has 9 nitrogen and oxygen atoms in total. The van der Waals surface area contributed by atoms with E-state index in [1.165, 1.54) is 11.7 Å². The van der Waals surface area contributed by atoms with Gasteiger partial charge in [0, 0.05) is 30.0 Å². The highest BCUT2D eigenvalue weighted by Gasteiger charge is 2.38. The summed E-state index contributed by atoms with van der Waals surface area (Å²) in [5.74, 6) is -1.84. The molecule has 4 rings (SSSR count). The Hall–Kier alpha value is -3.92. The van der Waals surface area contributed by atoms with Crippen LogP contribution in [0.1, 0.15) is 38.6 Å². The summed E-state index contributed by atoms with van der Waals surface area (Å²) in [7, 11) is 1.20. The summed E-state index contributed by atoms with van der Waals surface area (Å²) >= 11 is 1.05. The van der Waals surface area contributed by atoms with Crippen LogP contribution >= 0.6 is 11.8 Å². The van der Waals surface area contributed by atoms with E-state index in [-0.39, 0.29) is 28.2 Å². The topological polar surface area (TPSA) is 126 Å². The molecule has 0 amide bonds. The van der Waals surface area contributed by atoms with Crippen molar-refractivity contribution in [2.75, 3.05) is 19.5 Å². The van der Waals surface area contributed by atoms with E-state index in [9.17, 15) is 14.4 Å². The molecule has 10 heteroatoms. The van der Waals surface area contributed by atoms with Crippen molar-refractivity contribution >= 4 is 46.3 Å². The number of anilines is 1. The normalized spacial score (nSPS) is 15.8. The van der Waals surface area contributed by atoms with Crippen LogP contribution in [0.25, 0.3) is 11.0 Å². The number of nitrogens with two attached hydrogens (primary N) is 1. The summed E-state index contributed by atoms with van der Waals surface area (Å²) in [4.78, 5) is 47.6. The first-order valence-corrected chi connectivity index (χ1v) is 10.9. The first-order chi connectivity index (χ1) is 16.0. The number of rotatable bonds is 5. The molecule has 33 heavy (non-hydrogen) atoms. The standard InChI is InChI=1S/C23H20N4O5S/c1-3-32-23(30)20-17-15(12-13-4-8-25-9-5-13)16(24)18(22(29)31-2)27(17)21(28)19(33-20)14-6-10-26-11-7-14/h4-12,19H,3,24H2,1-2H3/b15-12+/t19-/m0/s1. The van der Waals surface area contributed by atoms with E-state index >= 15 is 0 Å². The van der Waals surface area contributed by atoms with Crippen molar-refractivity contribution in [3.05, 3.63) is 76.4 Å². The lowest BCUT2D eigenvalue weighted by Gasteiger charge is -2.23. The number of thioether (sulfide) groups is 1. The molecule has 0 aromatic carbocycles. The second kappa shape index (κ2) is 9.29. The van der Waals surface area contributed by atoms with Gasteiger partial charge in [0.05, 0.1) is 24.8 Å². The van der Waals surface area contributed by atoms with Gasteiger partial charge < -0.3 is 15.2 Å². The largest absolute Gasteiger partial charge is 0.464 e. The average Bonchev–Trinajstić information content (AvgIpc) is 3.12. The molecule has 3 aromatic rings. The Morgan fingerprint density at radius 1 is 1.12 bits per heavy atom. The van der Waals surface area contributed by atoms with Gasteiger partial charge in [-0.2, -0.15) is 0 Å². The first-order valence-electron chi connectivity index (χ1n) is 10.00. The van der Waals surface area contributed by atoms with Crippen LogP contribution in [0.5, 0.6) is 0 Å². The van der Waals surface area contributed by atoms with E-state index in [1.54, 1.807) is 62.1 Å². The van der Waals surface area contributed by atoms with Crippen molar-refractivity contribution in [3.8, 4) is 0 Å². The van der Waals surface area contributed by atoms with Crippen molar-refractivity contribution in [1.29, 1.82) is 0 Å². The number of carbonyl (C=O) groups is 3. The van der Waals surface area contributed by atoms with Crippen LogP contribution in [0.2, 0.25) is 0 Å². The predicted octanol–water partition coefficient (Wildman–Crippen LogP) is 1.28. The van der Waals surface area contributed by atoms with Crippen LogP contribution in [0.4, 0.5) is 5.69 Å². The van der Waals surface area contributed by atoms with Crippen molar-refractivity contribution < 1.29 is 23.9 Å². The Kier molecular flexibility index (Phi) is 6.27. The maximum absolute atomic E-state index is 13.7. The molecule has 0 bridgehead atoms. The van der Waals surface area contributed by atoms with Gasteiger partial charge in [0.15, 0.2) is 5.69 Å². The zero-order valence-corrected chi connectivity index (χ0v) is 18.7. The number of nitrogens with zero attached hydrogens (tertiary/aromatic N) is 3. The van der Waals surface area contributed by atoms with Gasteiger partial charge in [-0.25, -0.2) is 9.59 Å². The molecule has 3 aromatic heterocycles. The van der Waals surface area contributed by atoms with E-state index in [0.29, 0.717) is 10.8 Å². The van der Waals surface area contributed by atoms with Gasteiger partial charge in [0.2, 0.25) is 5.91 Å². The predicted molar refractivity (Wildman–Crippen MR) is 122 cm³/mol. The Labute approximate surface area is 192 Å². The molecule has 0 spiro atoms. The molecule has 0 unspecified atom stereocenters. The third-order valence-corrected chi connectivity index (χ3v) is 6.31. The highest BCUT2D eigenvalue weighted by atomic mass is 32.2. The minimum absolute atomic E-state index is 0.0276. The molecular weight excluding hydrogens is 444 g/mol. The molecule has 0 aliphatic carbocycles. The summed E-state index contributed by atoms with van der Waals surface area (Å²) in [6.07, 6.45) is 7.99. The highest BCUT2D eigenvalue weighted by Crippen LogP contribution is 2.39. The molecule has 1 aliphatic heterocycles. The number of esters is 2. The molecule has 0 saturated heterocycles. The average molecular weight is 465 g/mol. The molecule has 1 aliphatic rings.